The Labute approximate surface area is 173 Å². The molecule has 0 saturated heterocycles. The molecule has 0 amide bonds. The van der Waals surface area contributed by atoms with Crippen LogP contribution in [0.5, 0.6) is 0 Å². The lowest BCUT2D eigenvalue weighted by molar-refractivity contribution is 1.33. The molecule has 0 bridgehead atoms. The Morgan fingerprint density at radius 3 is 1.17 bits per heavy atom. The van der Waals surface area contributed by atoms with Crippen molar-refractivity contribution >= 4 is 22.1 Å². The Balaban J connectivity index is 1.28. The molecule has 0 saturated carbocycles. The highest BCUT2D eigenvalue weighted by molar-refractivity contribution is 5.81. The zero-order chi connectivity index (χ0) is 19.9. The highest BCUT2D eigenvalue weighted by atomic mass is 14.9. The van der Waals surface area contributed by atoms with Crippen molar-refractivity contribution in [3.8, 4) is 33.9 Å². The van der Waals surface area contributed by atoms with Gasteiger partial charge in [0.25, 0.3) is 0 Å². The zero-order valence-corrected chi connectivity index (χ0v) is 16.1. The average molecular weight is 386 g/mol. The minimum Gasteiger partial charge on any atom is -0.338 e. The summed E-state index contributed by atoms with van der Waals surface area (Å²) in [6.45, 7) is 0. The molecule has 0 fully saturated rings. The summed E-state index contributed by atoms with van der Waals surface area (Å²) in [5, 5.41) is 0. The largest absolute Gasteiger partial charge is 0.338 e. The molecule has 4 heteroatoms. The molecule has 2 aromatic heterocycles. The van der Waals surface area contributed by atoms with Gasteiger partial charge < -0.3 is 9.97 Å². The lowest BCUT2D eigenvalue weighted by atomic mass is 10.0. The van der Waals surface area contributed by atoms with E-state index in [0.717, 1.165) is 44.8 Å². The van der Waals surface area contributed by atoms with Gasteiger partial charge in [0.2, 0.25) is 0 Å². The van der Waals surface area contributed by atoms with Crippen molar-refractivity contribution < 1.29 is 0 Å². The van der Waals surface area contributed by atoms with Crippen LogP contribution >= 0.6 is 0 Å². The van der Waals surface area contributed by atoms with Crippen LogP contribution in [0.1, 0.15) is 0 Å². The van der Waals surface area contributed by atoms with Gasteiger partial charge in [-0.05, 0) is 35.4 Å². The molecule has 0 radical (unpaired) electrons. The fourth-order valence-electron chi connectivity index (χ4n) is 3.82. The first-order valence-corrected chi connectivity index (χ1v) is 9.94. The number of aromatic nitrogens is 4. The summed E-state index contributed by atoms with van der Waals surface area (Å²) in [7, 11) is 0. The van der Waals surface area contributed by atoms with Crippen LogP contribution in [0, 0.1) is 0 Å². The molecule has 6 aromatic rings. The number of hydrogen-bond donors (Lipinski definition) is 2. The van der Waals surface area contributed by atoms with Gasteiger partial charge in [0, 0.05) is 11.1 Å². The maximum atomic E-state index is 4.68. The van der Waals surface area contributed by atoms with Gasteiger partial charge in [-0.2, -0.15) is 0 Å². The molecule has 0 aliphatic rings. The Morgan fingerprint density at radius 1 is 0.400 bits per heavy atom. The minimum absolute atomic E-state index is 0.892. The third-order valence-electron chi connectivity index (χ3n) is 5.43. The van der Waals surface area contributed by atoms with Crippen molar-refractivity contribution in [2.24, 2.45) is 0 Å². The molecule has 142 valence electrons. The van der Waals surface area contributed by atoms with E-state index in [2.05, 4.69) is 68.5 Å². The second-order valence-electron chi connectivity index (χ2n) is 7.36. The summed E-state index contributed by atoms with van der Waals surface area (Å²) in [6.07, 6.45) is 0. The Morgan fingerprint density at radius 2 is 0.767 bits per heavy atom. The van der Waals surface area contributed by atoms with Gasteiger partial charge in [0.1, 0.15) is 11.6 Å². The maximum absolute atomic E-state index is 4.68. The lowest BCUT2D eigenvalue weighted by Gasteiger charge is -2.04. The van der Waals surface area contributed by atoms with E-state index in [1.807, 2.05) is 48.5 Å². The van der Waals surface area contributed by atoms with Crippen LogP contribution in [0.4, 0.5) is 0 Å². The predicted molar refractivity (Wildman–Crippen MR) is 122 cm³/mol. The van der Waals surface area contributed by atoms with Crippen LogP contribution in [-0.4, -0.2) is 19.9 Å². The van der Waals surface area contributed by atoms with Gasteiger partial charge in [-0.25, -0.2) is 9.97 Å². The number of H-pyrrole nitrogens is 2. The summed E-state index contributed by atoms with van der Waals surface area (Å²) in [5.74, 6) is 1.78. The Kier molecular flexibility index (Phi) is 3.74. The number of aromatic amines is 2. The number of hydrogen-bond acceptors (Lipinski definition) is 2. The van der Waals surface area contributed by atoms with Crippen molar-refractivity contribution in [1.82, 2.24) is 19.9 Å². The summed E-state index contributed by atoms with van der Waals surface area (Å²) in [5.41, 5.74) is 8.57. The number of benzene rings is 4. The Hall–Kier alpha value is -4.18. The van der Waals surface area contributed by atoms with Gasteiger partial charge in [0.05, 0.1) is 22.1 Å². The van der Waals surface area contributed by atoms with Gasteiger partial charge in [-0.1, -0.05) is 72.8 Å². The number of imidazole rings is 2. The van der Waals surface area contributed by atoms with Crippen LogP contribution < -0.4 is 0 Å². The molecule has 0 aliphatic carbocycles. The molecule has 4 nitrogen and oxygen atoms in total. The van der Waals surface area contributed by atoms with Crippen molar-refractivity contribution in [2.45, 2.75) is 0 Å². The number of fused-ring (bicyclic) bond motifs is 2. The standard InChI is InChI=1S/C26H18N4/c1-2-6-22-21(5-1)27-25(28-22)19-13-9-17(10-14-19)18-11-15-20(16-12-18)26-29-23-7-3-4-8-24(23)30-26/h1-16H,(H,27,28)(H,29,30). The maximum Gasteiger partial charge on any atom is 0.138 e. The van der Waals surface area contributed by atoms with E-state index in [9.17, 15) is 0 Å². The molecular formula is C26H18N4. The first kappa shape index (κ1) is 16.7. The second kappa shape index (κ2) is 6.71. The van der Waals surface area contributed by atoms with E-state index in [1.54, 1.807) is 0 Å². The predicted octanol–water partition coefficient (Wildman–Crippen LogP) is 6.44. The molecule has 0 spiro atoms. The molecule has 0 aliphatic heterocycles. The summed E-state index contributed by atoms with van der Waals surface area (Å²) < 4.78 is 0. The molecule has 2 N–H and O–H groups in total. The first-order chi connectivity index (χ1) is 14.8. The fourth-order valence-corrected chi connectivity index (χ4v) is 3.82. The number of para-hydroxylation sites is 4. The molecule has 30 heavy (non-hydrogen) atoms. The topological polar surface area (TPSA) is 57.4 Å². The molecule has 0 unspecified atom stereocenters. The van der Waals surface area contributed by atoms with E-state index >= 15 is 0 Å². The molecule has 0 atom stereocenters. The van der Waals surface area contributed by atoms with E-state index in [4.69, 9.17) is 0 Å². The second-order valence-corrected chi connectivity index (χ2v) is 7.36. The SMILES string of the molecule is c1ccc2[nH]c(-c3ccc(-c4ccc(-c5nc6ccccc6[nH]5)cc4)cc3)nc2c1. The van der Waals surface area contributed by atoms with Crippen LogP contribution in [0.25, 0.3) is 56.0 Å². The van der Waals surface area contributed by atoms with E-state index < -0.39 is 0 Å². The monoisotopic (exact) mass is 386 g/mol. The van der Waals surface area contributed by atoms with Crippen LogP contribution in [-0.2, 0) is 0 Å². The quantitative estimate of drug-likeness (QED) is 0.368. The van der Waals surface area contributed by atoms with E-state index in [1.165, 1.54) is 11.1 Å². The average Bonchev–Trinajstić information content (AvgIpc) is 3.44. The highest BCUT2D eigenvalue weighted by Gasteiger charge is 2.07. The van der Waals surface area contributed by atoms with Crippen molar-refractivity contribution in [3.63, 3.8) is 0 Å². The van der Waals surface area contributed by atoms with Gasteiger partial charge in [-0.3, -0.25) is 0 Å². The third-order valence-corrected chi connectivity index (χ3v) is 5.43. The Bertz CT molecular complexity index is 1290. The lowest BCUT2D eigenvalue weighted by Crippen LogP contribution is -1.84. The normalized spacial score (nSPS) is 11.3. The van der Waals surface area contributed by atoms with Gasteiger partial charge in [0.15, 0.2) is 0 Å². The molecule has 4 aromatic carbocycles. The highest BCUT2D eigenvalue weighted by Crippen LogP contribution is 2.27. The van der Waals surface area contributed by atoms with Crippen LogP contribution in [0.2, 0.25) is 0 Å². The van der Waals surface area contributed by atoms with Crippen LogP contribution in [0.3, 0.4) is 0 Å². The molecule has 6 rings (SSSR count). The van der Waals surface area contributed by atoms with Crippen molar-refractivity contribution in [3.05, 3.63) is 97.1 Å². The molecular weight excluding hydrogens is 368 g/mol. The summed E-state index contributed by atoms with van der Waals surface area (Å²) in [4.78, 5) is 16.1. The minimum atomic E-state index is 0.892. The van der Waals surface area contributed by atoms with Crippen molar-refractivity contribution in [2.75, 3.05) is 0 Å². The zero-order valence-electron chi connectivity index (χ0n) is 16.1. The van der Waals surface area contributed by atoms with Gasteiger partial charge >= 0.3 is 0 Å². The fraction of sp³-hybridized carbons (Fsp3) is 0. The summed E-state index contributed by atoms with van der Waals surface area (Å²) in [6, 6.07) is 33.2. The number of nitrogens with one attached hydrogen (secondary N) is 2. The first-order valence-electron chi connectivity index (χ1n) is 9.94. The van der Waals surface area contributed by atoms with Gasteiger partial charge in [-0.15, -0.1) is 0 Å². The van der Waals surface area contributed by atoms with E-state index in [-0.39, 0.29) is 0 Å². The third kappa shape index (κ3) is 2.86. The van der Waals surface area contributed by atoms with Crippen molar-refractivity contribution in [1.29, 1.82) is 0 Å². The van der Waals surface area contributed by atoms with Crippen LogP contribution in [0.15, 0.2) is 97.1 Å². The summed E-state index contributed by atoms with van der Waals surface area (Å²) >= 11 is 0. The van der Waals surface area contributed by atoms with E-state index in [0.29, 0.717) is 0 Å². The number of nitrogens with zero attached hydrogens (tertiary/aromatic N) is 2. The smallest absolute Gasteiger partial charge is 0.138 e. The molecule has 2 heterocycles. The number of rotatable bonds is 3.